The second kappa shape index (κ2) is 8.38. The minimum absolute atomic E-state index is 0.162. The molecule has 0 spiro atoms. The quantitative estimate of drug-likeness (QED) is 0.882. The molecule has 1 saturated heterocycles. The molecule has 1 atom stereocenters. The lowest BCUT2D eigenvalue weighted by Crippen LogP contribution is -2.40. The molecule has 2 aliphatic rings. The number of carbonyl (C=O) groups is 2. The van der Waals surface area contributed by atoms with E-state index in [1.54, 1.807) is 6.20 Å². The number of rotatable bonds is 4. The molecule has 7 nitrogen and oxygen atoms in total. The molecule has 0 bridgehead atoms. The van der Waals surface area contributed by atoms with E-state index in [2.05, 4.69) is 9.97 Å². The zero-order valence-electron chi connectivity index (χ0n) is 14.5. The summed E-state index contributed by atoms with van der Waals surface area (Å²) in [5.41, 5.74) is 6.13. The molecule has 2 heterocycles. The SMILES string of the molecule is NC(=O)c1cnc(C[C@@H]2COCCN(C(=O)C3CCCCC3)C2)cn1. The Morgan fingerprint density at radius 2 is 2.00 bits per heavy atom. The van der Waals surface area contributed by atoms with Crippen LogP contribution < -0.4 is 5.73 Å². The summed E-state index contributed by atoms with van der Waals surface area (Å²) in [7, 11) is 0. The maximum absolute atomic E-state index is 12.8. The van der Waals surface area contributed by atoms with E-state index in [9.17, 15) is 9.59 Å². The molecule has 0 aromatic carbocycles. The highest BCUT2D eigenvalue weighted by Gasteiger charge is 2.29. The van der Waals surface area contributed by atoms with Gasteiger partial charge in [0.2, 0.25) is 5.91 Å². The monoisotopic (exact) mass is 346 g/mol. The Morgan fingerprint density at radius 3 is 2.68 bits per heavy atom. The Balaban J connectivity index is 1.61. The van der Waals surface area contributed by atoms with Gasteiger partial charge in [-0.3, -0.25) is 14.6 Å². The molecule has 3 rings (SSSR count). The van der Waals surface area contributed by atoms with E-state index < -0.39 is 5.91 Å². The fraction of sp³-hybridized carbons (Fsp3) is 0.667. The molecule has 2 fully saturated rings. The summed E-state index contributed by atoms with van der Waals surface area (Å²) in [4.78, 5) is 34.2. The van der Waals surface area contributed by atoms with Gasteiger partial charge in [-0.05, 0) is 19.3 Å². The van der Waals surface area contributed by atoms with Crippen LogP contribution in [0.4, 0.5) is 0 Å². The van der Waals surface area contributed by atoms with Gasteiger partial charge in [0.25, 0.3) is 5.91 Å². The Morgan fingerprint density at radius 1 is 1.20 bits per heavy atom. The van der Waals surface area contributed by atoms with E-state index in [0.717, 1.165) is 31.4 Å². The molecule has 1 aromatic heterocycles. The Labute approximate surface area is 148 Å². The lowest BCUT2D eigenvalue weighted by Gasteiger charge is -2.29. The number of hydrogen-bond acceptors (Lipinski definition) is 5. The van der Waals surface area contributed by atoms with Crippen molar-refractivity contribution in [3.05, 3.63) is 23.8 Å². The van der Waals surface area contributed by atoms with Crippen molar-refractivity contribution in [3.8, 4) is 0 Å². The van der Waals surface area contributed by atoms with Gasteiger partial charge in [0, 0.05) is 31.1 Å². The van der Waals surface area contributed by atoms with Crippen molar-refractivity contribution in [1.82, 2.24) is 14.9 Å². The van der Waals surface area contributed by atoms with Crippen molar-refractivity contribution in [2.45, 2.75) is 38.5 Å². The maximum Gasteiger partial charge on any atom is 0.268 e. The second-order valence-electron chi connectivity index (χ2n) is 7.02. The van der Waals surface area contributed by atoms with Crippen molar-refractivity contribution in [2.24, 2.45) is 17.6 Å². The van der Waals surface area contributed by atoms with Crippen LogP contribution in [0.5, 0.6) is 0 Å². The van der Waals surface area contributed by atoms with Crippen LogP contribution in [0.3, 0.4) is 0 Å². The Bertz CT molecular complexity index is 599. The fourth-order valence-corrected chi connectivity index (χ4v) is 3.69. The predicted molar refractivity (Wildman–Crippen MR) is 91.7 cm³/mol. The van der Waals surface area contributed by atoms with Gasteiger partial charge in [-0.15, -0.1) is 0 Å². The molecule has 0 radical (unpaired) electrons. The van der Waals surface area contributed by atoms with Gasteiger partial charge in [-0.2, -0.15) is 0 Å². The number of amides is 2. The van der Waals surface area contributed by atoms with E-state index in [4.69, 9.17) is 10.5 Å². The van der Waals surface area contributed by atoms with E-state index in [-0.39, 0.29) is 23.4 Å². The molecular weight excluding hydrogens is 320 g/mol. The van der Waals surface area contributed by atoms with Crippen molar-refractivity contribution in [1.29, 1.82) is 0 Å². The average molecular weight is 346 g/mol. The number of ether oxygens (including phenoxy) is 1. The van der Waals surface area contributed by atoms with Crippen LogP contribution in [0, 0.1) is 11.8 Å². The minimum Gasteiger partial charge on any atom is -0.379 e. The summed E-state index contributed by atoms with van der Waals surface area (Å²) < 4.78 is 5.69. The highest BCUT2D eigenvalue weighted by atomic mass is 16.5. The zero-order valence-corrected chi connectivity index (χ0v) is 14.5. The van der Waals surface area contributed by atoms with Crippen LogP contribution in [0.2, 0.25) is 0 Å². The van der Waals surface area contributed by atoms with Crippen LogP contribution in [-0.2, 0) is 16.0 Å². The molecular formula is C18H26N4O3. The first-order chi connectivity index (χ1) is 12.1. The van der Waals surface area contributed by atoms with Crippen molar-refractivity contribution >= 4 is 11.8 Å². The average Bonchev–Trinajstić information content (AvgIpc) is 2.88. The van der Waals surface area contributed by atoms with E-state index in [1.165, 1.54) is 12.6 Å². The van der Waals surface area contributed by atoms with E-state index in [1.807, 2.05) is 4.90 Å². The summed E-state index contributed by atoms with van der Waals surface area (Å²) in [5.74, 6) is 0.0670. The molecule has 2 amide bonds. The molecule has 136 valence electrons. The van der Waals surface area contributed by atoms with Gasteiger partial charge in [0.15, 0.2) is 0 Å². The fourth-order valence-electron chi connectivity index (χ4n) is 3.69. The first kappa shape index (κ1) is 17.8. The van der Waals surface area contributed by atoms with Gasteiger partial charge < -0.3 is 15.4 Å². The number of nitrogens with zero attached hydrogens (tertiary/aromatic N) is 3. The first-order valence-electron chi connectivity index (χ1n) is 9.10. The largest absolute Gasteiger partial charge is 0.379 e. The maximum atomic E-state index is 12.8. The molecule has 25 heavy (non-hydrogen) atoms. The highest BCUT2D eigenvalue weighted by molar-refractivity contribution is 5.90. The van der Waals surface area contributed by atoms with E-state index >= 15 is 0 Å². The van der Waals surface area contributed by atoms with Gasteiger partial charge in [0.1, 0.15) is 5.69 Å². The summed E-state index contributed by atoms with van der Waals surface area (Å²) in [6.45, 7) is 2.54. The number of primary amides is 1. The second-order valence-corrected chi connectivity index (χ2v) is 7.02. The predicted octanol–water partition coefficient (Wildman–Crippen LogP) is 1.17. The normalized spacial score (nSPS) is 22.4. The lowest BCUT2D eigenvalue weighted by molar-refractivity contribution is -0.137. The number of hydrogen-bond donors (Lipinski definition) is 1. The lowest BCUT2D eigenvalue weighted by atomic mass is 9.88. The molecule has 2 N–H and O–H groups in total. The van der Waals surface area contributed by atoms with Crippen LogP contribution in [0.1, 0.15) is 48.3 Å². The number of nitrogens with two attached hydrogens (primary N) is 1. The van der Waals surface area contributed by atoms with Crippen LogP contribution >= 0.6 is 0 Å². The van der Waals surface area contributed by atoms with E-state index in [0.29, 0.717) is 32.7 Å². The first-order valence-corrected chi connectivity index (χ1v) is 9.10. The van der Waals surface area contributed by atoms with Gasteiger partial charge in [-0.25, -0.2) is 4.98 Å². The summed E-state index contributed by atoms with van der Waals surface area (Å²) >= 11 is 0. The molecule has 1 saturated carbocycles. The molecule has 1 aliphatic carbocycles. The van der Waals surface area contributed by atoms with Gasteiger partial charge in [0.05, 0.1) is 25.1 Å². The smallest absolute Gasteiger partial charge is 0.268 e. The number of aromatic nitrogens is 2. The molecule has 7 heteroatoms. The third kappa shape index (κ3) is 4.75. The Kier molecular flexibility index (Phi) is 5.96. The van der Waals surface area contributed by atoms with Crippen molar-refractivity contribution in [3.63, 3.8) is 0 Å². The van der Waals surface area contributed by atoms with Gasteiger partial charge in [-0.1, -0.05) is 19.3 Å². The molecule has 0 unspecified atom stereocenters. The Hall–Kier alpha value is -2.02. The van der Waals surface area contributed by atoms with Crippen molar-refractivity contribution in [2.75, 3.05) is 26.3 Å². The minimum atomic E-state index is -0.582. The van der Waals surface area contributed by atoms with Crippen LogP contribution in [-0.4, -0.2) is 53.0 Å². The third-order valence-electron chi connectivity index (χ3n) is 5.06. The highest BCUT2D eigenvalue weighted by Crippen LogP contribution is 2.26. The standard InChI is InChI=1S/C18H26N4O3/c19-17(23)16-10-20-15(9-21-16)8-13-11-22(6-7-25-12-13)18(24)14-4-2-1-3-5-14/h9-10,13-14H,1-8,11-12H2,(H2,19,23)/t13-/m0/s1. The van der Waals surface area contributed by atoms with Gasteiger partial charge >= 0.3 is 0 Å². The topological polar surface area (TPSA) is 98.4 Å². The summed E-state index contributed by atoms with van der Waals surface area (Å²) in [6.07, 6.45) is 9.24. The van der Waals surface area contributed by atoms with Crippen LogP contribution in [0.15, 0.2) is 12.4 Å². The summed E-state index contributed by atoms with van der Waals surface area (Å²) in [5, 5.41) is 0. The zero-order chi connectivity index (χ0) is 17.6. The molecule has 1 aliphatic heterocycles. The van der Waals surface area contributed by atoms with Crippen LogP contribution in [0.25, 0.3) is 0 Å². The molecule has 1 aromatic rings. The van der Waals surface area contributed by atoms with Crippen molar-refractivity contribution < 1.29 is 14.3 Å². The number of carbonyl (C=O) groups excluding carboxylic acids is 2. The summed E-state index contributed by atoms with van der Waals surface area (Å²) in [6, 6.07) is 0. The third-order valence-corrected chi connectivity index (χ3v) is 5.06.